The molecule has 2 heterocycles. The number of rotatable bonds is 6. The minimum absolute atomic E-state index is 0.100. The van der Waals surface area contributed by atoms with Gasteiger partial charge in [0, 0.05) is 23.4 Å². The second-order valence-corrected chi connectivity index (χ2v) is 6.00. The highest BCUT2D eigenvalue weighted by atomic mass is 16.3. The molecular weight excluding hydrogens is 252 g/mol. The van der Waals surface area contributed by atoms with Crippen LogP contribution in [-0.2, 0) is 0 Å². The summed E-state index contributed by atoms with van der Waals surface area (Å²) in [5.74, 6) is 0. The Hall–Kier alpha value is -1.62. The molecule has 0 aromatic carbocycles. The van der Waals surface area contributed by atoms with E-state index in [-0.39, 0.29) is 12.0 Å². The van der Waals surface area contributed by atoms with Crippen LogP contribution < -0.4 is 5.32 Å². The lowest BCUT2D eigenvalue weighted by Gasteiger charge is -2.26. The number of pyridine rings is 1. The lowest BCUT2D eigenvalue weighted by Crippen LogP contribution is -2.29. The van der Waals surface area contributed by atoms with Crippen molar-refractivity contribution in [2.75, 3.05) is 18.5 Å². The first kappa shape index (κ1) is 14.8. The smallest absolute Gasteiger partial charge is 0.158 e. The van der Waals surface area contributed by atoms with Gasteiger partial charge in [-0.3, -0.25) is 0 Å². The lowest BCUT2D eigenvalue weighted by atomic mass is 9.88. The van der Waals surface area contributed by atoms with Gasteiger partial charge in [0.1, 0.15) is 0 Å². The normalized spacial score (nSPS) is 14.7. The molecule has 0 fully saturated rings. The summed E-state index contributed by atoms with van der Waals surface area (Å²) in [6.45, 7) is 9.25. The van der Waals surface area contributed by atoms with E-state index in [1.807, 2.05) is 17.1 Å². The summed E-state index contributed by atoms with van der Waals surface area (Å²) in [5.41, 5.74) is 1.77. The number of aliphatic hydroxyl groups excluding tert-OH is 1. The number of aliphatic hydroxyl groups is 1. The molecule has 0 spiro atoms. The standard InChI is InChI=1S/C15H24N4O/c1-5-15(4,10-20)9-17-13-6-12-7-18-19(11(2)3)14(12)16-8-13/h6-8,11,17,20H,5,9-10H2,1-4H3. The molecule has 0 radical (unpaired) electrons. The van der Waals surface area contributed by atoms with E-state index >= 15 is 0 Å². The van der Waals surface area contributed by atoms with Crippen LogP contribution in [0.25, 0.3) is 11.0 Å². The zero-order valence-corrected chi connectivity index (χ0v) is 12.7. The third-order valence-corrected chi connectivity index (χ3v) is 3.88. The fourth-order valence-corrected chi connectivity index (χ4v) is 2.02. The topological polar surface area (TPSA) is 63.0 Å². The summed E-state index contributed by atoms with van der Waals surface area (Å²) in [4.78, 5) is 4.49. The second-order valence-electron chi connectivity index (χ2n) is 6.00. The largest absolute Gasteiger partial charge is 0.396 e. The minimum atomic E-state index is -0.100. The van der Waals surface area contributed by atoms with Crippen LogP contribution in [0.4, 0.5) is 5.69 Å². The summed E-state index contributed by atoms with van der Waals surface area (Å²) in [6.07, 6.45) is 4.60. The number of anilines is 1. The summed E-state index contributed by atoms with van der Waals surface area (Å²) in [6, 6.07) is 2.36. The quantitative estimate of drug-likeness (QED) is 0.851. The molecule has 0 aliphatic rings. The molecular formula is C15H24N4O. The Morgan fingerprint density at radius 1 is 1.40 bits per heavy atom. The van der Waals surface area contributed by atoms with E-state index in [4.69, 9.17) is 0 Å². The number of hydrogen-bond acceptors (Lipinski definition) is 4. The van der Waals surface area contributed by atoms with Crippen molar-refractivity contribution < 1.29 is 5.11 Å². The predicted octanol–water partition coefficient (Wildman–Crippen LogP) is 2.83. The van der Waals surface area contributed by atoms with Crippen LogP contribution in [0.2, 0.25) is 0 Å². The highest BCUT2D eigenvalue weighted by Gasteiger charge is 2.20. The van der Waals surface area contributed by atoms with Gasteiger partial charge in [-0.05, 0) is 26.3 Å². The molecule has 1 atom stereocenters. The average molecular weight is 276 g/mol. The third-order valence-electron chi connectivity index (χ3n) is 3.88. The maximum atomic E-state index is 9.43. The molecule has 0 bridgehead atoms. The van der Waals surface area contributed by atoms with E-state index in [0.29, 0.717) is 6.04 Å². The van der Waals surface area contributed by atoms with Gasteiger partial charge in [0.15, 0.2) is 5.65 Å². The molecule has 5 nitrogen and oxygen atoms in total. The van der Waals surface area contributed by atoms with E-state index in [1.165, 1.54) is 0 Å². The minimum Gasteiger partial charge on any atom is -0.396 e. The van der Waals surface area contributed by atoms with Crippen molar-refractivity contribution >= 4 is 16.7 Å². The number of nitrogens with zero attached hydrogens (tertiary/aromatic N) is 3. The molecule has 0 aliphatic heterocycles. The van der Waals surface area contributed by atoms with Crippen molar-refractivity contribution in [2.45, 2.75) is 40.2 Å². The van der Waals surface area contributed by atoms with Gasteiger partial charge < -0.3 is 10.4 Å². The van der Waals surface area contributed by atoms with Crippen molar-refractivity contribution in [3.05, 3.63) is 18.5 Å². The van der Waals surface area contributed by atoms with Gasteiger partial charge in [-0.1, -0.05) is 13.8 Å². The fraction of sp³-hybridized carbons (Fsp3) is 0.600. The zero-order valence-electron chi connectivity index (χ0n) is 12.7. The van der Waals surface area contributed by atoms with Crippen molar-refractivity contribution in [1.29, 1.82) is 0 Å². The van der Waals surface area contributed by atoms with Crippen LogP contribution in [-0.4, -0.2) is 33.0 Å². The van der Waals surface area contributed by atoms with E-state index in [1.54, 1.807) is 0 Å². The van der Waals surface area contributed by atoms with Crippen molar-refractivity contribution in [3.63, 3.8) is 0 Å². The van der Waals surface area contributed by atoms with Gasteiger partial charge in [-0.2, -0.15) is 5.10 Å². The highest BCUT2D eigenvalue weighted by molar-refractivity contribution is 5.78. The number of fused-ring (bicyclic) bond motifs is 1. The van der Waals surface area contributed by atoms with Crippen LogP contribution in [0.1, 0.15) is 40.2 Å². The number of nitrogens with one attached hydrogen (secondary N) is 1. The molecule has 2 aromatic heterocycles. The molecule has 5 heteroatoms. The van der Waals surface area contributed by atoms with E-state index in [2.05, 4.69) is 49.2 Å². The molecule has 2 rings (SSSR count). The summed E-state index contributed by atoms with van der Waals surface area (Å²) < 4.78 is 1.92. The van der Waals surface area contributed by atoms with Gasteiger partial charge >= 0.3 is 0 Å². The van der Waals surface area contributed by atoms with Crippen molar-refractivity contribution in [3.8, 4) is 0 Å². The van der Waals surface area contributed by atoms with Gasteiger partial charge in [0.25, 0.3) is 0 Å². The predicted molar refractivity (Wildman–Crippen MR) is 81.9 cm³/mol. The molecule has 1 unspecified atom stereocenters. The molecule has 0 saturated heterocycles. The van der Waals surface area contributed by atoms with Crippen LogP contribution in [0, 0.1) is 5.41 Å². The molecule has 0 saturated carbocycles. The molecule has 0 aliphatic carbocycles. The first-order chi connectivity index (χ1) is 9.49. The van der Waals surface area contributed by atoms with Gasteiger partial charge in [0.05, 0.1) is 24.7 Å². The van der Waals surface area contributed by atoms with Crippen LogP contribution in [0.3, 0.4) is 0 Å². The van der Waals surface area contributed by atoms with Crippen molar-refractivity contribution in [2.24, 2.45) is 5.41 Å². The monoisotopic (exact) mass is 276 g/mol. The van der Waals surface area contributed by atoms with Crippen LogP contribution in [0.5, 0.6) is 0 Å². The first-order valence-electron chi connectivity index (χ1n) is 7.17. The molecule has 0 amide bonds. The first-order valence-corrected chi connectivity index (χ1v) is 7.17. The summed E-state index contributed by atoms with van der Waals surface area (Å²) in [5, 5.41) is 18.2. The Labute approximate surface area is 120 Å². The van der Waals surface area contributed by atoms with E-state index < -0.39 is 0 Å². The number of hydrogen-bond donors (Lipinski definition) is 2. The molecule has 2 aromatic rings. The van der Waals surface area contributed by atoms with Gasteiger partial charge in [-0.25, -0.2) is 9.67 Å². The number of aromatic nitrogens is 3. The van der Waals surface area contributed by atoms with Crippen LogP contribution >= 0.6 is 0 Å². The molecule has 20 heavy (non-hydrogen) atoms. The fourth-order valence-electron chi connectivity index (χ4n) is 2.02. The van der Waals surface area contributed by atoms with Crippen LogP contribution in [0.15, 0.2) is 18.5 Å². The van der Waals surface area contributed by atoms with Gasteiger partial charge in [-0.15, -0.1) is 0 Å². The lowest BCUT2D eigenvalue weighted by molar-refractivity contribution is 0.149. The summed E-state index contributed by atoms with van der Waals surface area (Å²) in [7, 11) is 0. The third kappa shape index (κ3) is 2.93. The Morgan fingerprint density at radius 3 is 2.75 bits per heavy atom. The van der Waals surface area contributed by atoms with E-state index in [9.17, 15) is 5.11 Å². The Morgan fingerprint density at radius 2 is 2.15 bits per heavy atom. The maximum Gasteiger partial charge on any atom is 0.158 e. The average Bonchev–Trinajstić information content (AvgIpc) is 2.88. The Balaban J connectivity index is 2.17. The Bertz CT molecular complexity index is 572. The molecule has 110 valence electrons. The maximum absolute atomic E-state index is 9.43. The van der Waals surface area contributed by atoms with Gasteiger partial charge in [0.2, 0.25) is 0 Å². The second kappa shape index (κ2) is 5.79. The Kier molecular flexibility index (Phi) is 4.28. The van der Waals surface area contributed by atoms with E-state index in [0.717, 1.165) is 29.7 Å². The highest BCUT2D eigenvalue weighted by Crippen LogP contribution is 2.23. The SMILES string of the molecule is CCC(C)(CO)CNc1cnc2c(cnn2C(C)C)c1. The molecule has 2 N–H and O–H groups in total. The zero-order chi connectivity index (χ0) is 14.8. The summed E-state index contributed by atoms with van der Waals surface area (Å²) >= 11 is 0. The van der Waals surface area contributed by atoms with Crippen molar-refractivity contribution in [1.82, 2.24) is 14.8 Å².